The molecule has 120 valence electrons. The van der Waals surface area contributed by atoms with Crippen molar-refractivity contribution in [2.75, 3.05) is 12.3 Å². The predicted octanol–water partition coefficient (Wildman–Crippen LogP) is -1.44. The van der Waals surface area contributed by atoms with Gasteiger partial charge < -0.3 is 25.4 Å². The zero-order chi connectivity index (χ0) is 15.9. The van der Waals surface area contributed by atoms with E-state index in [-0.39, 0.29) is 12.2 Å². The lowest BCUT2D eigenvalue weighted by Gasteiger charge is -2.15. The number of aromatic nitrogens is 5. The molecule has 0 bridgehead atoms. The van der Waals surface area contributed by atoms with Crippen LogP contribution in [0.5, 0.6) is 0 Å². The summed E-state index contributed by atoms with van der Waals surface area (Å²) in [5.74, 6) is 0.163. The smallest absolute Gasteiger partial charge is 0.390 e. The molecule has 3 heterocycles. The van der Waals surface area contributed by atoms with Crippen LogP contribution in [0.25, 0.3) is 11.2 Å². The van der Waals surface area contributed by atoms with Gasteiger partial charge in [0, 0.05) is 6.42 Å². The molecule has 1 aliphatic heterocycles. The van der Waals surface area contributed by atoms with Gasteiger partial charge >= 0.3 is 7.82 Å². The van der Waals surface area contributed by atoms with Crippen molar-refractivity contribution in [3.8, 4) is 0 Å². The molecular weight excluding hydrogens is 319 g/mol. The van der Waals surface area contributed by atoms with Gasteiger partial charge in [0.25, 0.3) is 0 Å². The second-order valence-electron chi connectivity index (χ2n) is 4.68. The maximum absolute atomic E-state index is 10.7. The molecule has 3 rings (SSSR count). The van der Waals surface area contributed by atoms with E-state index < -0.39 is 32.9 Å². The van der Waals surface area contributed by atoms with Gasteiger partial charge in [0.1, 0.15) is 12.4 Å². The number of phosphoric ester groups is 1. The van der Waals surface area contributed by atoms with Crippen LogP contribution in [0, 0.1) is 0 Å². The van der Waals surface area contributed by atoms with E-state index >= 15 is 0 Å². The Morgan fingerprint density at radius 2 is 2.27 bits per heavy atom. The van der Waals surface area contributed by atoms with Crippen LogP contribution in [-0.4, -0.2) is 58.7 Å². The van der Waals surface area contributed by atoms with Gasteiger partial charge in [-0.25, -0.2) is 14.5 Å². The summed E-state index contributed by atoms with van der Waals surface area (Å²) in [5, 5.41) is 17.6. The molecule has 0 saturated carbocycles. The van der Waals surface area contributed by atoms with Crippen molar-refractivity contribution in [2.24, 2.45) is 0 Å². The van der Waals surface area contributed by atoms with Crippen LogP contribution in [0.3, 0.4) is 0 Å². The number of anilines is 1. The maximum atomic E-state index is 10.7. The highest BCUT2D eigenvalue weighted by Crippen LogP contribution is 2.38. The Morgan fingerprint density at radius 1 is 1.50 bits per heavy atom. The highest BCUT2D eigenvalue weighted by molar-refractivity contribution is 7.46. The number of aliphatic hydroxyl groups excluding tert-OH is 1. The van der Waals surface area contributed by atoms with Crippen LogP contribution in [0.15, 0.2) is 6.33 Å². The van der Waals surface area contributed by atoms with Crippen LogP contribution in [0.4, 0.5) is 5.82 Å². The largest absolute Gasteiger partial charge is 0.469 e. The fourth-order valence-corrected chi connectivity index (χ4v) is 2.50. The average molecular weight is 332 g/mol. The molecule has 2 aromatic heterocycles. The van der Waals surface area contributed by atoms with Crippen LogP contribution in [-0.2, 0) is 13.8 Å². The maximum Gasteiger partial charge on any atom is 0.469 e. The van der Waals surface area contributed by atoms with Crippen molar-refractivity contribution in [3.05, 3.63) is 6.33 Å². The molecule has 0 aliphatic carbocycles. The summed E-state index contributed by atoms with van der Waals surface area (Å²) >= 11 is 0. The van der Waals surface area contributed by atoms with E-state index in [1.54, 1.807) is 0 Å². The van der Waals surface area contributed by atoms with E-state index in [0.29, 0.717) is 11.2 Å². The summed E-state index contributed by atoms with van der Waals surface area (Å²) in [4.78, 5) is 25.2. The van der Waals surface area contributed by atoms with E-state index in [2.05, 4.69) is 24.8 Å². The van der Waals surface area contributed by atoms with Crippen LogP contribution >= 0.6 is 7.82 Å². The summed E-state index contributed by atoms with van der Waals surface area (Å²) in [6, 6.07) is 0. The van der Waals surface area contributed by atoms with Crippen LogP contribution in [0.2, 0.25) is 0 Å². The molecule has 3 atom stereocenters. The van der Waals surface area contributed by atoms with E-state index in [0.717, 1.165) is 0 Å². The quantitative estimate of drug-likeness (QED) is 0.482. The number of nitrogens with two attached hydrogens (primary N) is 1. The lowest BCUT2D eigenvalue weighted by atomic mass is 10.2. The molecule has 13 heteroatoms. The number of hydrogen-bond donors (Lipinski definition) is 4. The van der Waals surface area contributed by atoms with Gasteiger partial charge in [-0.05, 0) is 0 Å². The third-order valence-corrected chi connectivity index (χ3v) is 3.66. The Labute approximate surface area is 123 Å². The Bertz CT molecular complexity index is 732. The molecule has 0 aromatic carbocycles. The van der Waals surface area contributed by atoms with Crippen molar-refractivity contribution in [1.29, 1.82) is 0 Å². The second kappa shape index (κ2) is 5.50. The highest BCUT2D eigenvalue weighted by atomic mass is 31.2. The number of ether oxygens (including phenoxy) is 1. The first-order valence-electron chi connectivity index (χ1n) is 6.20. The minimum Gasteiger partial charge on any atom is -0.390 e. The fraction of sp³-hybridized carbons (Fsp3) is 0.556. The zero-order valence-corrected chi connectivity index (χ0v) is 11.9. The summed E-state index contributed by atoms with van der Waals surface area (Å²) < 4.78 is 21.9. The molecule has 0 radical (unpaired) electrons. The Hall–Kier alpha value is -1.69. The molecule has 2 aromatic rings. The predicted molar refractivity (Wildman–Crippen MR) is 70.1 cm³/mol. The standard InChI is InChI=1S/C9H13N6O6P/c10-8-7-9(12-3-11-8)15(14-13-7)6-1-4(16)5(21-6)2-20-22(17,18)19/h3-6,16H,1-2H2,(H2,10,11,12)(H2,17,18,19)/t4-,5-,6-/m1/s1. The van der Waals surface area contributed by atoms with Gasteiger partial charge in [-0.3, -0.25) is 4.52 Å². The first-order chi connectivity index (χ1) is 10.3. The van der Waals surface area contributed by atoms with E-state index in [1.165, 1.54) is 11.0 Å². The topological polar surface area (TPSA) is 179 Å². The van der Waals surface area contributed by atoms with Gasteiger partial charge in [0.2, 0.25) is 0 Å². The molecule has 0 amide bonds. The number of hydrogen-bond acceptors (Lipinski definition) is 9. The number of rotatable bonds is 4. The number of phosphoric acid groups is 1. The van der Waals surface area contributed by atoms with Gasteiger partial charge in [0.05, 0.1) is 12.7 Å². The molecule has 0 unspecified atom stereocenters. The van der Waals surface area contributed by atoms with E-state index in [1.807, 2.05) is 0 Å². The number of aliphatic hydroxyl groups is 1. The molecule has 0 spiro atoms. The second-order valence-corrected chi connectivity index (χ2v) is 5.92. The molecule has 5 N–H and O–H groups in total. The van der Waals surface area contributed by atoms with Crippen molar-refractivity contribution in [2.45, 2.75) is 24.9 Å². The molecular formula is C9H13N6O6P. The number of nitrogen functional groups attached to an aromatic ring is 1. The number of nitrogens with zero attached hydrogens (tertiary/aromatic N) is 5. The Kier molecular flexibility index (Phi) is 3.80. The SMILES string of the molecule is Nc1ncnc2c1nnn2[C@H]1C[C@@H](O)[C@@H](COP(=O)(O)O)O1. The summed E-state index contributed by atoms with van der Waals surface area (Å²) in [5.41, 5.74) is 6.29. The molecule has 1 saturated heterocycles. The normalized spacial score (nSPS) is 25.9. The summed E-state index contributed by atoms with van der Waals surface area (Å²) in [6.45, 7) is -0.453. The zero-order valence-electron chi connectivity index (χ0n) is 11.1. The van der Waals surface area contributed by atoms with Crippen molar-refractivity contribution >= 4 is 24.8 Å². The monoisotopic (exact) mass is 332 g/mol. The first-order valence-corrected chi connectivity index (χ1v) is 7.73. The minimum atomic E-state index is -4.63. The van der Waals surface area contributed by atoms with Gasteiger partial charge in [-0.1, -0.05) is 5.21 Å². The molecule has 12 nitrogen and oxygen atoms in total. The first kappa shape index (κ1) is 15.2. The van der Waals surface area contributed by atoms with Crippen LogP contribution < -0.4 is 5.73 Å². The van der Waals surface area contributed by atoms with Crippen molar-refractivity contribution in [1.82, 2.24) is 25.0 Å². The number of fused-ring (bicyclic) bond motifs is 1. The Morgan fingerprint density at radius 3 is 3.00 bits per heavy atom. The van der Waals surface area contributed by atoms with Gasteiger partial charge in [-0.15, -0.1) is 5.10 Å². The van der Waals surface area contributed by atoms with Crippen molar-refractivity contribution < 1.29 is 28.7 Å². The van der Waals surface area contributed by atoms with E-state index in [4.69, 9.17) is 20.3 Å². The summed E-state index contributed by atoms with van der Waals surface area (Å²) in [7, 11) is -4.63. The lowest BCUT2D eigenvalue weighted by Crippen LogP contribution is -2.26. The molecule has 1 fully saturated rings. The van der Waals surface area contributed by atoms with E-state index in [9.17, 15) is 9.67 Å². The molecule has 1 aliphatic rings. The lowest BCUT2D eigenvalue weighted by molar-refractivity contribution is -0.0467. The highest BCUT2D eigenvalue weighted by Gasteiger charge is 2.38. The third-order valence-electron chi connectivity index (χ3n) is 3.17. The van der Waals surface area contributed by atoms with Crippen molar-refractivity contribution in [3.63, 3.8) is 0 Å². The minimum absolute atomic E-state index is 0.136. The Balaban J connectivity index is 1.78. The average Bonchev–Trinajstić information content (AvgIpc) is 3.00. The fourth-order valence-electron chi connectivity index (χ4n) is 2.16. The molecule has 22 heavy (non-hydrogen) atoms. The third kappa shape index (κ3) is 2.92. The summed E-state index contributed by atoms with van der Waals surface area (Å²) in [6.07, 6.45) is -1.21. The van der Waals surface area contributed by atoms with Gasteiger partial charge in [0.15, 0.2) is 23.2 Å². The van der Waals surface area contributed by atoms with Crippen LogP contribution in [0.1, 0.15) is 12.6 Å². The van der Waals surface area contributed by atoms with Gasteiger partial charge in [-0.2, -0.15) is 4.68 Å².